The van der Waals surface area contributed by atoms with Gasteiger partial charge in [-0.1, -0.05) is 30.7 Å². The van der Waals surface area contributed by atoms with Crippen molar-refractivity contribution in [2.75, 3.05) is 11.2 Å². The molecule has 4 N–H and O–H groups in total. The maximum absolute atomic E-state index is 6.35. The van der Waals surface area contributed by atoms with Crippen molar-refractivity contribution in [2.45, 2.75) is 42.7 Å². The largest absolute Gasteiger partial charge is 0.369 e. The molecule has 0 aromatic heterocycles. The Hall–Kier alpha value is -2.47. The number of nitrogens with two attached hydrogens (primary N) is 2. The van der Waals surface area contributed by atoms with Gasteiger partial charge in [0.05, 0.1) is 0 Å². The van der Waals surface area contributed by atoms with Gasteiger partial charge in [-0.25, -0.2) is 4.99 Å². The molecule has 0 unspecified atom stereocenters. The Morgan fingerprint density at radius 2 is 1.70 bits per heavy atom. The van der Waals surface area contributed by atoms with E-state index in [1.165, 1.54) is 16.9 Å². The van der Waals surface area contributed by atoms with Crippen LogP contribution in [0.15, 0.2) is 63.4 Å². The molecule has 1 fully saturated rings. The van der Waals surface area contributed by atoms with Crippen LogP contribution in [0, 0.1) is 0 Å². The maximum atomic E-state index is 6.35. The number of hydrogen-bond donors (Lipinski definition) is 2. The summed E-state index contributed by atoms with van der Waals surface area (Å²) in [6, 6.07) is 17.1. The summed E-state index contributed by atoms with van der Waals surface area (Å²) >= 11 is 1.75. The van der Waals surface area contributed by atoms with Crippen LogP contribution < -0.4 is 16.4 Å². The third kappa shape index (κ3) is 3.41. The fourth-order valence-corrected chi connectivity index (χ4v) is 4.51. The van der Waals surface area contributed by atoms with Gasteiger partial charge in [-0.15, -0.1) is 11.8 Å². The Bertz CT molecular complexity index is 882. The van der Waals surface area contributed by atoms with E-state index in [0.29, 0.717) is 5.96 Å². The summed E-state index contributed by atoms with van der Waals surface area (Å²) in [6.07, 6.45) is 7.44. The topological polar surface area (TPSA) is 80.0 Å². The van der Waals surface area contributed by atoms with Crippen LogP contribution in [0.5, 0.6) is 0 Å². The molecule has 1 aliphatic heterocycles. The van der Waals surface area contributed by atoms with Crippen LogP contribution in [0.4, 0.5) is 5.69 Å². The van der Waals surface area contributed by atoms with Gasteiger partial charge in [0.15, 0.2) is 0 Å². The van der Waals surface area contributed by atoms with E-state index in [4.69, 9.17) is 16.5 Å². The molecule has 4 rings (SSSR count). The maximum Gasteiger partial charge on any atom is 0.220 e. The van der Waals surface area contributed by atoms with E-state index >= 15 is 0 Å². The van der Waals surface area contributed by atoms with Crippen LogP contribution in [0.3, 0.4) is 0 Å². The molecule has 0 bridgehead atoms. The highest BCUT2D eigenvalue weighted by molar-refractivity contribution is 7.98. The van der Waals surface area contributed by atoms with Crippen LogP contribution in [-0.2, 0) is 0 Å². The molecule has 140 valence electrons. The van der Waals surface area contributed by atoms with Crippen LogP contribution in [0.2, 0.25) is 0 Å². The zero-order valence-electron chi connectivity index (χ0n) is 15.6. The van der Waals surface area contributed by atoms with Crippen molar-refractivity contribution in [1.29, 1.82) is 0 Å². The summed E-state index contributed by atoms with van der Waals surface area (Å²) in [5.74, 6) is 0.716. The number of benzene rings is 2. The highest BCUT2D eigenvalue weighted by Gasteiger charge is 2.42. The number of hydrogen-bond acceptors (Lipinski definition) is 6. The van der Waals surface area contributed by atoms with E-state index < -0.39 is 5.66 Å². The third-order valence-electron chi connectivity index (χ3n) is 5.38. The quantitative estimate of drug-likeness (QED) is 0.784. The smallest absolute Gasteiger partial charge is 0.220 e. The Labute approximate surface area is 164 Å². The number of anilines is 1. The number of nitrogens with zero attached hydrogens (tertiary/aromatic N) is 3. The Kier molecular flexibility index (Phi) is 4.83. The van der Waals surface area contributed by atoms with Gasteiger partial charge in [-0.05, 0) is 67.3 Å². The summed E-state index contributed by atoms with van der Waals surface area (Å²) < 4.78 is 0. The van der Waals surface area contributed by atoms with Crippen molar-refractivity contribution in [2.24, 2.45) is 21.5 Å². The molecule has 27 heavy (non-hydrogen) atoms. The molecule has 0 saturated heterocycles. The molecule has 2 aliphatic rings. The molecule has 2 aromatic rings. The predicted molar refractivity (Wildman–Crippen MR) is 115 cm³/mol. The molecular weight excluding hydrogens is 354 g/mol. The molecule has 6 heteroatoms. The zero-order valence-corrected chi connectivity index (χ0v) is 16.4. The lowest BCUT2D eigenvalue weighted by Gasteiger charge is -2.45. The van der Waals surface area contributed by atoms with E-state index in [1.807, 2.05) is 0 Å². The third-order valence-corrected chi connectivity index (χ3v) is 6.12. The highest BCUT2D eigenvalue weighted by atomic mass is 32.2. The fourth-order valence-electron chi connectivity index (χ4n) is 4.10. The van der Waals surface area contributed by atoms with Crippen molar-refractivity contribution < 1.29 is 0 Å². The highest BCUT2D eigenvalue weighted by Crippen LogP contribution is 2.40. The number of guanidine groups is 2. The molecule has 0 radical (unpaired) electrons. The summed E-state index contributed by atoms with van der Waals surface area (Å²) in [5.41, 5.74) is 15.3. The van der Waals surface area contributed by atoms with Gasteiger partial charge in [0.2, 0.25) is 11.9 Å². The van der Waals surface area contributed by atoms with Gasteiger partial charge >= 0.3 is 0 Å². The average molecular weight is 380 g/mol. The second-order valence-corrected chi connectivity index (χ2v) is 7.98. The normalized spacial score (nSPS) is 18.9. The van der Waals surface area contributed by atoms with E-state index in [2.05, 4.69) is 64.7 Å². The van der Waals surface area contributed by atoms with E-state index in [1.54, 1.807) is 11.8 Å². The molecule has 1 aliphatic carbocycles. The molecule has 5 nitrogen and oxygen atoms in total. The molecular formula is C21H25N5S. The lowest BCUT2D eigenvalue weighted by atomic mass is 9.87. The molecule has 2 aromatic carbocycles. The summed E-state index contributed by atoms with van der Waals surface area (Å²) in [4.78, 5) is 12.4. The summed E-state index contributed by atoms with van der Waals surface area (Å²) in [7, 11) is 0. The van der Waals surface area contributed by atoms with Crippen LogP contribution in [0.25, 0.3) is 11.1 Å². The minimum Gasteiger partial charge on any atom is -0.369 e. The van der Waals surface area contributed by atoms with E-state index in [0.717, 1.165) is 36.9 Å². The van der Waals surface area contributed by atoms with Gasteiger partial charge in [0.1, 0.15) is 5.66 Å². The predicted octanol–water partition coefficient (Wildman–Crippen LogP) is 4.19. The lowest BCUT2D eigenvalue weighted by Crippen LogP contribution is -2.58. The van der Waals surface area contributed by atoms with Gasteiger partial charge in [0.25, 0.3) is 0 Å². The number of aliphatic imine (C=N–C) groups is 2. The molecule has 1 heterocycles. The van der Waals surface area contributed by atoms with Gasteiger partial charge in [-0.3, -0.25) is 4.90 Å². The van der Waals surface area contributed by atoms with Gasteiger partial charge in [0, 0.05) is 10.6 Å². The number of thioether (sulfide) groups is 1. The monoisotopic (exact) mass is 379 g/mol. The van der Waals surface area contributed by atoms with E-state index in [9.17, 15) is 0 Å². The van der Waals surface area contributed by atoms with E-state index in [-0.39, 0.29) is 5.96 Å². The summed E-state index contributed by atoms with van der Waals surface area (Å²) in [6.45, 7) is 0. The van der Waals surface area contributed by atoms with Crippen molar-refractivity contribution in [3.63, 3.8) is 0 Å². The average Bonchev–Trinajstić information content (AvgIpc) is 2.68. The Morgan fingerprint density at radius 1 is 0.963 bits per heavy atom. The SMILES string of the molecule is CSc1ccc(-c2cccc(N3C(N)=NC(N)=NC34CCCCC4)c2)cc1. The van der Waals surface area contributed by atoms with Crippen LogP contribution in [-0.4, -0.2) is 23.8 Å². The van der Waals surface area contributed by atoms with Crippen LogP contribution in [0.1, 0.15) is 32.1 Å². The summed E-state index contributed by atoms with van der Waals surface area (Å²) in [5, 5.41) is 0. The Morgan fingerprint density at radius 3 is 2.41 bits per heavy atom. The fraction of sp³-hybridized carbons (Fsp3) is 0.333. The zero-order chi connectivity index (χ0) is 18.9. The van der Waals surface area contributed by atoms with Crippen molar-refractivity contribution in [3.8, 4) is 11.1 Å². The minimum atomic E-state index is -0.407. The first-order chi connectivity index (χ1) is 13.1. The first kappa shape index (κ1) is 17.9. The first-order valence-corrected chi connectivity index (χ1v) is 10.6. The van der Waals surface area contributed by atoms with Crippen molar-refractivity contribution in [3.05, 3.63) is 48.5 Å². The number of rotatable bonds is 3. The first-order valence-electron chi connectivity index (χ1n) is 9.35. The Balaban J connectivity index is 1.74. The molecule has 1 spiro atoms. The lowest BCUT2D eigenvalue weighted by molar-refractivity contribution is 0.305. The standard InChI is InChI=1S/C21H25N5S/c1-27-18-10-8-15(9-11-18)16-6-5-7-17(14-16)26-20(23)24-19(22)25-21(26)12-3-2-4-13-21/h5-11,14H,2-4,12-13H2,1H3,(H4,22,23,24,25). The molecule has 0 amide bonds. The second-order valence-electron chi connectivity index (χ2n) is 7.10. The van der Waals surface area contributed by atoms with Crippen LogP contribution >= 0.6 is 11.8 Å². The van der Waals surface area contributed by atoms with Crippen molar-refractivity contribution >= 4 is 29.4 Å². The molecule has 0 atom stereocenters. The second kappa shape index (κ2) is 7.27. The van der Waals surface area contributed by atoms with Crippen molar-refractivity contribution in [1.82, 2.24) is 0 Å². The van der Waals surface area contributed by atoms with Gasteiger partial charge in [-0.2, -0.15) is 4.99 Å². The minimum absolute atomic E-state index is 0.287. The molecule has 1 saturated carbocycles. The van der Waals surface area contributed by atoms with Gasteiger partial charge < -0.3 is 11.5 Å².